The van der Waals surface area contributed by atoms with Gasteiger partial charge in [-0.05, 0) is 78.1 Å². The predicted molar refractivity (Wildman–Crippen MR) is 125 cm³/mol. The third-order valence-electron chi connectivity index (χ3n) is 4.86. The fourth-order valence-electron chi connectivity index (χ4n) is 3.04. The predicted octanol–water partition coefficient (Wildman–Crippen LogP) is 3.19. The van der Waals surface area contributed by atoms with Crippen molar-refractivity contribution in [2.75, 3.05) is 53.4 Å². The molecule has 29 heavy (non-hydrogen) atoms. The number of nitrogens with one attached hydrogen (secondary N) is 2. The molecule has 0 aromatic heterocycles. The van der Waals surface area contributed by atoms with Crippen molar-refractivity contribution in [1.29, 1.82) is 0 Å². The summed E-state index contributed by atoms with van der Waals surface area (Å²) in [6, 6.07) is 8.61. The molecule has 0 saturated heterocycles. The van der Waals surface area contributed by atoms with Crippen LogP contribution in [0.15, 0.2) is 29.3 Å². The lowest BCUT2D eigenvalue weighted by molar-refractivity contribution is 0.261. The van der Waals surface area contributed by atoms with Gasteiger partial charge in [0.2, 0.25) is 0 Å². The summed E-state index contributed by atoms with van der Waals surface area (Å²) in [6.07, 6.45) is 2.33. The Morgan fingerprint density at radius 1 is 1.14 bits per heavy atom. The van der Waals surface area contributed by atoms with Crippen LogP contribution < -0.4 is 15.4 Å². The van der Waals surface area contributed by atoms with Gasteiger partial charge in [0.15, 0.2) is 5.96 Å². The fourth-order valence-corrected chi connectivity index (χ4v) is 3.04. The summed E-state index contributed by atoms with van der Waals surface area (Å²) < 4.78 is 5.83. The monoisotopic (exact) mass is 405 g/mol. The van der Waals surface area contributed by atoms with Crippen LogP contribution in [0.3, 0.4) is 0 Å². The topological polar surface area (TPSA) is 52.1 Å². The quantitative estimate of drug-likeness (QED) is 0.368. The van der Waals surface area contributed by atoms with E-state index < -0.39 is 0 Å². The Balaban J connectivity index is 2.54. The van der Waals surface area contributed by atoms with Gasteiger partial charge in [-0.2, -0.15) is 0 Å². The molecule has 0 aliphatic carbocycles. The number of benzene rings is 1. The van der Waals surface area contributed by atoms with Crippen molar-refractivity contribution in [2.24, 2.45) is 4.99 Å². The average molecular weight is 406 g/mol. The van der Waals surface area contributed by atoms with E-state index in [-0.39, 0.29) is 0 Å². The largest absolute Gasteiger partial charge is 0.492 e. The average Bonchev–Trinajstić information content (AvgIpc) is 2.70. The first-order chi connectivity index (χ1) is 14.0. The zero-order valence-corrected chi connectivity index (χ0v) is 19.5. The minimum absolute atomic E-state index is 0.393. The van der Waals surface area contributed by atoms with Gasteiger partial charge in [-0.15, -0.1) is 0 Å². The molecule has 0 aliphatic heterocycles. The Kier molecular flexibility index (Phi) is 13.1. The van der Waals surface area contributed by atoms with E-state index in [4.69, 9.17) is 9.73 Å². The van der Waals surface area contributed by atoms with Crippen LogP contribution >= 0.6 is 0 Å². The van der Waals surface area contributed by atoms with Gasteiger partial charge < -0.3 is 25.2 Å². The Morgan fingerprint density at radius 2 is 1.90 bits per heavy atom. The molecule has 0 amide bonds. The number of aliphatic imine (C=N–C) groups is 1. The molecule has 1 atom stereocenters. The van der Waals surface area contributed by atoms with E-state index in [1.807, 2.05) is 26.2 Å². The normalized spacial score (nSPS) is 13.0. The molecule has 1 aromatic carbocycles. The lowest BCUT2D eigenvalue weighted by Gasteiger charge is -2.21. The molecule has 6 nitrogen and oxygen atoms in total. The van der Waals surface area contributed by atoms with E-state index in [0.717, 1.165) is 56.4 Å². The number of ether oxygens (including phenoxy) is 1. The van der Waals surface area contributed by atoms with E-state index in [0.29, 0.717) is 19.2 Å². The standard InChI is InChI=1S/C23H43N5O/c1-7-24-23(26-20(4)12-11-15-28(8-2)9-3)25-19-21-13-10-14-22(18-21)29-17-16-27(5)6/h10,13-14,18,20H,7-9,11-12,15-17,19H2,1-6H3,(H2,24,25,26). The number of rotatable bonds is 14. The fraction of sp³-hybridized carbons (Fsp3) is 0.696. The first-order valence-electron chi connectivity index (χ1n) is 11.1. The molecular formula is C23H43N5O. The van der Waals surface area contributed by atoms with Crippen molar-refractivity contribution in [2.45, 2.75) is 53.1 Å². The first-order valence-corrected chi connectivity index (χ1v) is 11.1. The Hall–Kier alpha value is -1.79. The van der Waals surface area contributed by atoms with E-state index in [9.17, 15) is 0 Å². The summed E-state index contributed by atoms with van der Waals surface area (Å²) in [7, 11) is 4.10. The first kappa shape index (κ1) is 25.2. The van der Waals surface area contributed by atoms with E-state index >= 15 is 0 Å². The van der Waals surface area contributed by atoms with Crippen LogP contribution in [0.4, 0.5) is 0 Å². The summed E-state index contributed by atoms with van der Waals surface area (Å²) >= 11 is 0. The molecular weight excluding hydrogens is 362 g/mol. The number of guanidine groups is 1. The van der Waals surface area contributed by atoms with Crippen molar-refractivity contribution in [3.63, 3.8) is 0 Å². The molecule has 0 bridgehead atoms. The molecule has 0 heterocycles. The van der Waals surface area contributed by atoms with E-state index in [1.165, 1.54) is 6.42 Å². The van der Waals surface area contributed by atoms with Crippen molar-refractivity contribution in [1.82, 2.24) is 20.4 Å². The Bertz CT molecular complexity index is 572. The van der Waals surface area contributed by atoms with Gasteiger partial charge in [0, 0.05) is 19.1 Å². The molecule has 2 N–H and O–H groups in total. The maximum Gasteiger partial charge on any atom is 0.191 e. The smallest absolute Gasteiger partial charge is 0.191 e. The van der Waals surface area contributed by atoms with Gasteiger partial charge in [-0.3, -0.25) is 0 Å². The van der Waals surface area contributed by atoms with Gasteiger partial charge in [-0.25, -0.2) is 4.99 Å². The van der Waals surface area contributed by atoms with Crippen LogP contribution in [0, 0.1) is 0 Å². The highest BCUT2D eigenvalue weighted by Crippen LogP contribution is 2.14. The summed E-state index contributed by atoms with van der Waals surface area (Å²) in [5.74, 6) is 1.78. The van der Waals surface area contributed by atoms with Crippen LogP contribution in [-0.2, 0) is 6.54 Å². The van der Waals surface area contributed by atoms with Gasteiger partial charge in [-0.1, -0.05) is 26.0 Å². The van der Waals surface area contributed by atoms with Crippen LogP contribution in [-0.4, -0.2) is 75.2 Å². The number of hydrogen-bond acceptors (Lipinski definition) is 4. The van der Waals surface area contributed by atoms with Crippen molar-refractivity contribution in [3.05, 3.63) is 29.8 Å². The summed E-state index contributed by atoms with van der Waals surface area (Å²) in [6.45, 7) is 15.3. The molecule has 0 radical (unpaired) electrons. The highest BCUT2D eigenvalue weighted by atomic mass is 16.5. The molecule has 6 heteroatoms. The van der Waals surface area contributed by atoms with Crippen molar-refractivity contribution >= 4 is 5.96 Å². The van der Waals surface area contributed by atoms with Crippen LogP contribution in [0.1, 0.15) is 46.1 Å². The summed E-state index contributed by atoms with van der Waals surface area (Å²) in [5.41, 5.74) is 1.15. The Morgan fingerprint density at radius 3 is 2.55 bits per heavy atom. The maximum atomic E-state index is 5.83. The second-order valence-electron chi connectivity index (χ2n) is 7.71. The highest BCUT2D eigenvalue weighted by Gasteiger charge is 2.07. The summed E-state index contributed by atoms with van der Waals surface area (Å²) in [4.78, 5) is 9.36. The zero-order chi connectivity index (χ0) is 21.5. The van der Waals surface area contributed by atoms with Crippen molar-refractivity contribution in [3.8, 4) is 5.75 Å². The maximum absolute atomic E-state index is 5.83. The number of hydrogen-bond donors (Lipinski definition) is 2. The second kappa shape index (κ2) is 15.1. The number of nitrogens with zero attached hydrogens (tertiary/aromatic N) is 3. The number of likely N-dealkylation sites (N-methyl/N-ethyl adjacent to an activating group) is 1. The SMILES string of the molecule is CCNC(=NCc1cccc(OCCN(C)C)c1)NC(C)CCCN(CC)CC. The third kappa shape index (κ3) is 11.7. The molecule has 0 fully saturated rings. The molecule has 0 aliphatic rings. The van der Waals surface area contributed by atoms with Gasteiger partial charge in [0.1, 0.15) is 12.4 Å². The molecule has 166 valence electrons. The lowest BCUT2D eigenvalue weighted by Crippen LogP contribution is -2.42. The second-order valence-corrected chi connectivity index (χ2v) is 7.71. The van der Waals surface area contributed by atoms with Crippen molar-refractivity contribution < 1.29 is 4.74 Å². The van der Waals surface area contributed by atoms with E-state index in [2.05, 4.69) is 60.3 Å². The molecule has 0 saturated carbocycles. The van der Waals surface area contributed by atoms with Gasteiger partial charge >= 0.3 is 0 Å². The minimum atomic E-state index is 0.393. The van der Waals surface area contributed by atoms with Crippen LogP contribution in [0.2, 0.25) is 0 Å². The van der Waals surface area contributed by atoms with E-state index in [1.54, 1.807) is 0 Å². The molecule has 1 unspecified atom stereocenters. The van der Waals surface area contributed by atoms with Crippen LogP contribution in [0.25, 0.3) is 0 Å². The molecule has 1 aromatic rings. The molecule has 0 spiro atoms. The lowest BCUT2D eigenvalue weighted by atomic mass is 10.2. The van der Waals surface area contributed by atoms with Gasteiger partial charge in [0.25, 0.3) is 0 Å². The van der Waals surface area contributed by atoms with Crippen LogP contribution in [0.5, 0.6) is 5.75 Å². The summed E-state index contributed by atoms with van der Waals surface area (Å²) in [5, 5.41) is 6.90. The minimum Gasteiger partial charge on any atom is -0.492 e. The highest BCUT2D eigenvalue weighted by molar-refractivity contribution is 5.80. The third-order valence-corrected chi connectivity index (χ3v) is 4.86. The van der Waals surface area contributed by atoms with Gasteiger partial charge in [0.05, 0.1) is 6.54 Å². The Labute approximate surface area is 178 Å². The molecule has 1 rings (SSSR count). The zero-order valence-electron chi connectivity index (χ0n) is 19.5.